The first-order chi connectivity index (χ1) is 9.56. The third-order valence-electron chi connectivity index (χ3n) is 3.06. The van der Waals surface area contributed by atoms with Crippen LogP contribution in [-0.2, 0) is 6.42 Å². The van der Waals surface area contributed by atoms with E-state index in [0.717, 1.165) is 12.2 Å². The molecule has 0 radical (unpaired) electrons. The number of rotatable bonds is 5. The summed E-state index contributed by atoms with van der Waals surface area (Å²) in [7, 11) is 0. The van der Waals surface area contributed by atoms with E-state index in [9.17, 15) is 8.78 Å². The topological polar surface area (TPSA) is 25.2 Å². The molecule has 2 rings (SSSR count). The maximum absolute atomic E-state index is 14.1. The van der Waals surface area contributed by atoms with Gasteiger partial charge in [0, 0.05) is 16.5 Å². The lowest BCUT2D eigenvalue weighted by molar-refractivity contribution is 0.408. The van der Waals surface area contributed by atoms with E-state index in [4.69, 9.17) is 4.42 Å². The zero-order valence-electron chi connectivity index (χ0n) is 11.3. The minimum Gasteiger partial charge on any atom is -0.464 e. The quantitative estimate of drug-likeness (QED) is 0.859. The van der Waals surface area contributed by atoms with Gasteiger partial charge in [-0.3, -0.25) is 0 Å². The molecule has 20 heavy (non-hydrogen) atoms. The van der Waals surface area contributed by atoms with Crippen LogP contribution in [0.15, 0.2) is 33.2 Å². The van der Waals surface area contributed by atoms with E-state index in [1.54, 1.807) is 6.07 Å². The van der Waals surface area contributed by atoms with Crippen molar-refractivity contribution in [3.63, 3.8) is 0 Å². The van der Waals surface area contributed by atoms with Crippen molar-refractivity contribution in [2.24, 2.45) is 0 Å². The Labute approximate surface area is 125 Å². The maximum Gasteiger partial charge on any atom is 0.132 e. The summed E-state index contributed by atoms with van der Waals surface area (Å²) in [5, 5.41) is 3.06. The van der Waals surface area contributed by atoms with Gasteiger partial charge in [-0.25, -0.2) is 8.78 Å². The van der Waals surface area contributed by atoms with Gasteiger partial charge in [0.05, 0.1) is 6.04 Å². The SMILES string of the molecule is CCNC(c1ccc(CC)o1)c1c(F)cc(Br)cc1F. The molecule has 0 saturated heterocycles. The summed E-state index contributed by atoms with van der Waals surface area (Å²) < 4.78 is 34.2. The Morgan fingerprint density at radius 2 is 1.85 bits per heavy atom. The fourth-order valence-electron chi connectivity index (χ4n) is 2.12. The molecule has 0 saturated carbocycles. The van der Waals surface area contributed by atoms with Gasteiger partial charge in [0.25, 0.3) is 0 Å². The Hall–Kier alpha value is -1.20. The van der Waals surface area contributed by atoms with E-state index >= 15 is 0 Å². The van der Waals surface area contributed by atoms with Crippen molar-refractivity contribution in [1.82, 2.24) is 5.32 Å². The summed E-state index contributed by atoms with van der Waals surface area (Å²) >= 11 is 3.08. The largest absolute Gasteiger partial charge is 0.464 e. The van der Waals surface area contributed by atoms with Crippen molar-refractivity contribution in [2.75, 3.05) is 6.54 Å². The molecular weight excluding hydrogens is 328 g/mol. The van der Waals surface area contributed by atoms with Crippen LogP contribution < -0.4 is 5.32 Å². The molecular formula is C15H16BrF2NO. The number of halogens is 3. The van der Waals surface area contributed by atoms with Crippen LogP contribution in [0.4, 0.5) is 8.78 Å². The molecule has 1 aromatic carbocycles. The monoisotopic (exact) mass is 343 g/mol. The molecule has 0 fully saturated rings. The minimum absolute atomic E-state index is 0.0212. The number of benzene rings is 1. The van der Waals surface area contributed by atoms with Crippen LogP contribution in [0.2, 0.25) is 0 Å². The molecule has 1 N–H and O–H groups in total. The van der Waals surface area contributed by atoms with Crippen molar-refractivity contribution in [3.8, 4) is 0 Å². The summed E-state index contributed by atoms with van der Waals surface area (Å²) in [5.41, 5.74) is -0.0212. The van der Waals surface area contributed by atoms with Crippen molar-refractivity contribution in [2.45, 2.75) is 26.3 Å². The first kappa shape index (κ1) is 15.2. The second-order valence-electron chi connectivity index (χ2n) is 4.43. The smallest absolute Gasteiger partial charge is 0.132 e. The normalized spacial score (nSPS) is 12.7. The molecule has 1 aromatic heterocycles. The number of aryl methyl sites for hydroxylation is 1. The lowest BCUT2D eigenvalue weighted by Crippen LogP contribution is -2.23. The highest BCUT2D eigenvalue weighted by Gasteiger charge is 2.24. The van der Waals surface area contributed by atoms with Crippen molar-refractivity contribution < 1.29 is 13.2 Å². The van der Waals surface area contributed by atoms with E-state index in [-0.39, 0.29) is 5.56 Å². The van der Waals surface area contributed by atoms with Gasteiger partial charge < -0.3 is 9.73 Å². The summed E-state index contributed by atoms with van der Waals surface area (Å²) in [6.07, 6.45) is 0.740. The lowest BCUT2D eigenvalue weighted by Gasteiger charge is -2.18. The zero-order chi connectivity index (χ0) is 14.7. The van der Waals surface area contributed by atoms with Crippen LogP contribution in [0.5, 0.6) is 0 Å². The highest BCUT2D eigenvalue weighted by Crippen LogP contribution is 2.30. The first-order valence-corrected chi connectivity index (χ1v) is 7.32. The summed E-state index contributed by atoms with van der Waals surface area (Å²) in [4.78, 5) is 0. The average molecular weight is 344 g/mol. The third kappa shape index (κ3) is 3.10. The van der Waals surface area contributed by atoms with Crippen molar-refractivity contribution in [3.05, 3.63) is 57.5 Å². The Morgan fingerprint density at radius 3 is 2.35 bits per heavy atom. The predicted molar refractivity (Wildman–Crippen MR) is 77.7 cm³/mol. The standard InChI is InChI=1S/C15H16BrF2NO/c1-3-10-5-6-13(20-10)15(19-4-2)14-11(17)7-9(16)8-12(14)18/h5-8,15,19H,3-4H2,1-2H3. The molecule has 1 atom stereocenters. The van der Waals surface area contributed by atoms with E-state index in [1.165, 1.54) is 12.1 Å². The van der Waals surface area contributed by atoms with Gasteiger partial charge in [-0.1, -0.05) is 29.8 Å². The van der Waals surface area contributed by atoms with E-state index in [0.29, 0.717) is 16.8 Å². The third-order valence-corrected chi connectivity index (χ3v) is 3.51. The second kappa shape index (κ2) is 6.50. The van der Waals surface area contributed by atoms with E-state index in [1.807, 2.05) is 19.9 Å². The average Bonchev–Trinajstić information content (AvgIpc) is 2.85. The van der Waals surface area contributed by atoms with Crippen LogP contribution >= 0.6 is 15.9 Å². The molecule has 5 heteroatoms. The fourth-order valence-corrected chi connectivity index (χ4v) is 2.52. The molecule has 0 spiro atoms. The molecule has 0 bridgehead atoms. The van der Waals surface area contributed by atoms with Gasteiger partial charge >= 0.3 is 0 Å². The Balaban J connectivity index is 2.48. The molecule has 0 aliphatic heterocycles. The Morgan fingerprint density at radius 1 is 1.20 bits per heavy atom. The maximum atomic E-state index is 14.1. The molecule has 2 aromatic rings. The Kier molecular flexibility index (Phi) is 4.94. The number of hydrogen-bond donors (Lipinski definition) is 1. The molecule has 2 nitrogen and oxygen atoms in total. The molecule has 108 valence electrons. The molecule has 0 amide bonds. The minimum atomic E-state index is -0.631. The van der Waals surface area contributed by atoms with Gasteiger partial charge in [0.2, 0.25) is 0 Å². The van der Waals surface area contributed by atoms with Crippen LogP contribution in [0, 0.1) is 11.6 Å². The first-order valence-electron chi connectivity index (χ1n) is 6.53. The summed E-state index contributed by atoms with van der Waals surface area (Å²) in [6, 6.07) is 5.47. The Bertz CT molecular complexity index is 574. The summed E-state index contributed by atoms with van der Waals surface area (Å²) in [5.74, 6) is 0.110. The van der Waals surface area contributed by atoms with Gasteiger partial charge in [-0.2, -0.15) is 0 Å². The lowest BCUT2D eigenvalue weighted by atomic mass is 10.0. The molecule has 1 unspecified atom stereocenters. The van der Waals surface area contributed by atoms with Gasteiger partial charge in [0.1, 0.15) is 23.2 Å². The van der Waals surface area contributed by atoms with Crippen molar-refractivity contribution in [1.29, 1.82) is 0 Å². The van der Waals surface area contributed by atoms with Gasteiger partial charge in [0.15, 0.2) is 0 Å². The summed E-state index contributed by atoms with van der Waals surface area (Å²) in [6.45, 7) is 4.42. The molecule has 1 heterocycles. The molecule has 0 aliphatic carbocycles. The van der Waals surface area contributed by atoms with Crippen LogP contribution in [-0.4, -0.2) is 6.54 Å². The number of furan rings is 1. The second-order valence-corrected chi connectivity index (χ2v) is 5.35. The van der Waals surface area contributed by atoms with E-state index in [2.05, 4.69) is 21.2 Å². The van der Waals surface area contributed by atoms with Crippen molar-refractivity contribution >= 4 is 15.9 Å². The van der Waals surface area contributed by atoms with Gasteiger partial charge in [-0.15, -0.1) is 0 Å². The van der Waals surface area contributed by atoms with Crippen LogP contribution in [0.25, 0.3) is 0 Å². The predicted octanol–water partition coefficient (Wildman–Crippen LogP) is 4.58. The van der Waals surface area contributed by atoms with Crippen LogP contribution in [0.3, 0.4) is 0 Å². The van der Waals surface area contributed by atoms with E-state index < -0.39 is 17.7 Å². The highest BCUT2D eigenvalue weighted by molar-refractivity contribution is 9.10. The fraction of sp³-hybridized carbons (Fsp3) is 0.333. The van der Waals surface area contributed by atoms with Crippen LogP contribution in [0.1, 0.15) is 37.0 Å². The highest BCUT2D eigenvalue weighted by atomic mass is 79.9. The molecule has 0 aliphatic rings. The zero-order valence-corrected chi connectivity index (χ0v) is 12.9. The number of hydrogen-bond acceptors (Lipinski definition) is 2. The number of nitrogens with one attached hydrogen (secondary N) is 1. The van der Waals surface area contributed by atoms with Gasteiger partial charge in [-0.05, 0) is 30.8 Å².